The summed E-state index contributed by atoms with van der Waals surface area (Å²) in [5.74, 6) is 0.792. The van der Waals surface area contributed by atoms with Crippen LogP contribution < -0.4 is 19.5 Å². The van der Waals surface area contributed by atoms with Gasteiger partial charge in [0.1, 0.15) is 16.7 Å². The van der Waals surface area contributed by atoms with E-state index in [0.717, 1.165) is 40.1 Å². The van der Waals surface area contributed by atoms with Gasteiger partial charge in [-0.2, -0.15) is 0 Å². The lowest BCUT2D eigenvalue weighted by atomic mass is 9.98. The minimum atomic E-state index is 0.792. The van der Waals surface area contributed by atoms with Crippen molar-refractivity contribution in [2.45, 2.75) is 6.42 Å². The SMILES string of the molecule is CN(C)c1c2c(c(On3nnc4ccccc43)c(N(C)C)c1N(C)C)-c1ccccc1C2. The summed E-state index contributed by atoms with van der Waals surface area (Å²) in [5, 5.41) is 8.59. The first-order chi connectivity index (χ1) is 15.4. The Morgan fingerprint density at radius 3 is 2.16 bits per heavy atom. The zero-order valence-corrected chi connectivity index (χ0v) is 19.4. The van der Waals surface area contributed by atoms with Crippen LogP contribution in [0.25, 0.3) is 22.2 Å². The van der Waals surface area contributed by atoms with Crippen LogP contribution in [-0.4, -0.2) is 57.4 Å². The summed E-state index contributed by atoms with van der Waals surface area (Å²) in [4.78, 5) is 14.6. The highest BCUT2D eigenvalue weighted by atomic mass is 16.7. The molecule has 5 rings (SSSR count). The van der Waals surface area contributed by atoms with Crippen LogP contribution in [0.1, 0.15) is 11.1 Å². The Hall–Kier alpha value is -3.74. The number of hydrogen-bond donors (Lipinski definition) is 0. The van der Waals surface area contributed by atoms with Crippen LogP contribution in [0, 0.1) is 0 Å². The van der Waals surface area contributed by atoms with Gasteiger partial charge in [0.15, 0.2) is 5.75 Å². The maximum atomic E-state index is 6.61. The van der Waals surface area contributed by atoms with E-state index in [0.29, 0.717) is 0 Å². The predicted molar refractivity (Wildman–Crippen MR) is 131 cm³/mol. The summed E-state index contributed by atoms with van der Waals surface area (Å²) in [7, 11) is 12.5. The summed E-state index contributed by atoms with van der Waals surface area (Å²) in [6, 6.07) is 16.4. The zero-order chi connectivity index (χ0) is 22.6. The van der Waals surface area contributed by atoms with Gasteiger partial charge in [-0.05, 0) is 34.0 Å². The lowest BCUT2D eigenvalue weighted by Gasteiger charge is -2.32. The fourth-order valence-corrected chi connectivity index (χ4v) is 4.71. The Balaban J connectivity index is 1.86. The molecule has 0 spiro atoms. The predicted octanol–water partition coefficient (Wildman–Crippen LogP) is 4.04. The van der Waals surface area contributed by atoms with Crippen LogP contribution >= 0.6 is 0 Å². The number of nitrogens with zero attached hydrogens (tertiary/aromatic N) is 6. The molecule has 164 valence electrons. The molecule has 1 aliphatic rings. The molecule has 0 N–H and O–H groups in total. The lowest BCUT2D eigenvalue weighted by molar-refractivity contribution is 0.186. The molecule has 0 fully saturated rings. The Bertz CT molecular complexity index is 1320. The van der Waals surface area contributed by atoms with Gasteiger partial charge in [0.2, 0.25) is 0 Å². The van der Waals surface area contributed by atoms with E-state index in [1.165, 1.54) is 27.2 Å². The molecule has 32 heavy (non-hydrogen) atoms. The highest BCUT2D eigenvalue weighted by Gasteiger charge is 2.34. The van der Waals surface area contributed by atoms with E-state index in [1.807, 2.05) is 24.3 Å². The first kappa shape index (κ1) is 20.2. The lowest BCUT2D eigenvalue weighted by Crippen LogP contribution is -2.24. The fourth-order valence-electron chi connectivity index (χ4n) is 4.71. The first-order valence-corrected chi connectivity index (χ1v) is 10.7. The van der Waals surface area contributed by atoms with Crippen LogP contribution in [0.3, 0.4) is 0 Å². The number of rotatable bonds is 5. The molecule has 7 nitrogen and oxygen atoms in total. The van der Waals surface area contributed by atoms with Gasteiger partial charge in [-0.1, -0.05) is 41.2 Å². The largest absolute Gasteiger partial charge is 0.376 e. The van der Waals surface area contributed by atoms with Gasteiger partial charge in [0.25, 0.3) is 0 Å². The smallest absolute Gasteiger partial charge is 0.191 e. The highest BCUT2D eigenvalue weighted by molar-refractivity contribution is 6.01. The van der Waals surface area contributed by atoms with Crippen LogP contribution in [-0.2, 0) is 6.42 Å². The van der Waals surface area contributed by atoms with E-state index in [-0.39, 0.29) is 0 Å². The van der Waals surface area contributed by atoms with Crippen molar-refractivity contribution < 1.29 is 4.84 Å². The molecule has 3 aromatic carbocycles. The molecule has 0 unspecified atom stereocenters. The van der Waals surface area contributed by atoms with Gasteiger partial charge >= 0.3 is 0 Å². The van der Waals surface area contributed by atoms with Gasteiger partial charge < -0.3 is 19.5 Å². The summed E-state index contributed by atoms with van der Waals surface area (Å²) in [6.45, 7) is 0. The summed E-state index contributed by atoms with van der Waals surface area (Å²) in [5.41, 5.74) is 9.87. The van der Waals surface area contributed by atoms with E-state index < -0.39 is 0 Å². The summed E-state index contributed by atoms with van der Waals surface area (Å²) in [6.07, 6.45) is 0.863. The van der Waals surface area contributed by atoms with Crippen molar-refractivity contribution in [1.29, 1.82) is 0 Å². The molecule has 0 bridgehead atoms. The number of benzene rings is 3. The van der Waals surface area contributed by atoms with Crippen molar-refractivity contribution in [1.82, 2.24) is 15.2 Å². The number of aromatic nitrogens is 3. The molecule has 1 aliphatic carbocycles. The minimum absolute atomic E-state index is 0.792. The molecule has 0 aliphatic heterocycles. The maximum Gasteiger partial charge on any atom is 0.191 e. The monoisotopic (exact) mass is 428 g/mol. The van der Waals surface area contributed by atoms with Crippen LogP contribution in [0.5, 0.6) is 5.75 Å². The molecule has 0 saturated carbocycles. The number of para-hydroxylation sites is 1. The van der Waals surface area contributed by atoms with Crippen molar-refractivity contribution in [3.63, 3.8) is 0 Å². The second kappa shape index (κ2) is 7.44. The summed E-state index contributed by atoms with van der Waals surface area (Å²) >= 11 is 0. The standard InChI is InChI=1S/C25H28N6O/c1-28(2)22-18-15-16-11-7-8-12-17(16)21(18)25(24(30(5)6)23(22)29(3)4)32-31-20-14-10-9-13-19(20)26-27-31/h7-14H,15H2,1-6H3. The second-order valence-electron chi connectivity index (χ2n) is 8.79. The van der Waals surface area contributed by atoms with Crippen LogP contribution in [0.4, 0.5) is 17.1 Å². The van der Waals surface area contributed by atoms with Gasteiger partial charge in [-0.3, -0.25) is 0 Å². The Morgan fingerprint density at radius 2 is 1.44 bits per heavy atom. The molecule has 0 amide bonds. The molecular weight excluding hydrogens is 400 g/mol. The Morgan fingerprint density at radius 1 is 0.781 bits per heavy atom. The van der Waals surface area contributed by atoms with Crippen molar-refractivity contribution in [3.8, 4) is 16.9 Å². The third kappa shape index (κ3) is 2.96. The maximum absolute atomic E-state index is 6.61. The minimum Gasteiger partial charge on any atom is -0.376 e. The topological polar surface area (TPSA) is 49.7 Å². The molecule has 0 saturated heterocycles. The molecule has 7 heteroatoms. The molecule has 4 aromatic rings. The molecular formula is C25H28N6O. The van der Waals surface area contributed by atoms with Crippen LogP contribution in [0.15, 0.2) is 48.5 Å². The van der Waals surface area contributed by atoms with E-state index in [9.17, 15) is 0 Å². The fraction of sp³-hybridized carbons (Fsp3) is 0.280. The molecule has 1 heterocycles. The average molecular weight is 429 g/mol. The van der Waals surface area contributed by atoms with E-state index >= 15 is 0 Å². The van der Waals surface area contributed by atoms with Crippen molar-refractivity contribution in [2.24, 2.45) is 0 Å². The Labute approximate surface area is 188 Å². The van der Waals surface area contributed by atoms with Gasteiger partial charge in [0, 0.05) is 54.3 Å². The Kier molecular flexibility index (Phi) is 4.69. The molecule has 0 atom stereocenters. The number of anilines is 3. The first-order valence-electron chi connectivity index (χ1n) is 10.7. The van der Waals surface area contributed by atoms with E-state index in [1.54, 1.807) is 0 Å². The third-order valence-corrected chi connectivity index (χ3v) is 5.97. The zero-order valence-electron chi connectivity index (χ0n) is 19.4. The average Bonchev–Trinajstić information content (AvgIpc) is 3.34. The van der Waals surface area contributed by atoms with E-state index in [2.05, 4.69) is 91.6 Å². The van der Waals surface area contributed by atoms with Crippen molar-refractivity contribution in [2.75, 3.05) is 57.0 Å². The van der Waals surface area contributed by atoms with Crippen LogP contribution in [0.2, 0.25) is 0 Å². The van der Waals surface area contributed by atoms with Gasteiger partial charge in [0.05, 0.1) is 11.4 Å². The molecule has 0 radical (unpaired) electrons. The summed E-state index contributed by atoms with van der Waals surface area (Å²) < 4.78 is 0. The third-order valence-electron chi connectivity index (χ3n) is 5.97. The quantitative estimate of drug-likeness (QED) is 0.421. The van der Waals surface area contributed by atoms with Crippen molar-refractivity contribution >= 4 is 28.1 Å². The van der Waals surface area contributed by atoms with Gasteiger partial charge in [-0.15, -0.1) is 5.10 Å². The highest BCUT2D eigenvalue weighted by Crippen LogP contribution is 2.56. The molecule has 1 aromatic heterocycles. The van der Waals surface area contributed by atoms with Gasteiger partial charge in [-0.25, -0.2) is 0 Å². The number of fused-ring (bicyclic) bond motifs is 4. The van der Waals surface area contributed by atoms with Crippen molar-refractivity contribution in [3.05, 3.63) is 59.7 Å². The normalized spacial score (nSPS) is 11.9. The number of hydrogen-bond acceptors (Lipinski definition) is 6. The van der Waals surface area contributed by atoms with E-state index in [4.69, 9.17) is 4.84 Å². The second-order valence-corrected chi connectivity index (χ2v) is 8.79.